The van der Waals surface area contributed by atoms with Crippen LogP contribution in [0.1, 0.15) is 17.1 Å². The Morgan fingerprint density at radius 3 is 2.95 bits per heavy atom. The van der Waals surface area contributed by atoms with Crippen molar-refractivity contribution in [2.45, 2.75) is 13.1 Å². The Morgan fingerprint density at radius 1 is 1.42 bits per heavy atom. The normalized spacial score (nSPS) is 11.7. The minimum Gasteiger partial charge on any atom is -0.409 e. The Hall–Kier alpha value is -2.41. The number of nitrogens with one attached hydrogen (secondary N) is 1. The Labute approximate surface area is 110 Å². The van der Waals surface area contributed by atoms with Crippen molar-refractivity contribution in [3.63, 3.8) is 0 Å². The highest BCUT2D eigenvalue weighted by Gasteiger charge is 2.08. The van der Waals surface area contributed by atoms with Gasteiger partial charge in [-0.15, -0.1) is 0 Å². The molecule has 2 rings (SSSR count). The van der Waals surface area contributed by atoms with Gasteiger partial charge in [-0.2, -0.15) is 0 Å². The summed E-state index contributed by atoms with van der Waals surface area (Å²) in [6.45, 7) is 1.19. The Kier molecular flexibility index (Phi) is 4.09. The van der Waals surface area contributed by atoms with Crippen molar-refractivity contribution < 1.29 is 5.21 Å². The summed E-state index contributed by atoms with van der Waals surface area (Å²) in [5, 5.41) is 14.9. The molecule has 0 aliphatic heterocycles. The molecular formula is C12H16N6O. The lowest BCUT2D eigenvalue weighted by Crippen LogP contribution is -2.22. The molecule has 0 bridgehead atoms. The molecule has 7 nitrogen and oxygen atoms in total. The fourth-order valence-corrected chi connectivity index (χ4v) is 1.74. The standard InChI is InChI=1S/C12H16N6O/c1-18-6-5-15-10(18)8-14-7-9-3-2-4-16-11(9)12(13)17-19/h2-6,14,19H,7-8H2,1H3,(H2,13,17). The van der Waals surface area contributed by atoms with E-state index in [-0.39, 0.29) is 5.84 Å². The van der Waals surface area contributed by atoms with Gasteiger partial charge in [0.15, 0.2) is 5.84 Å². The second-order valence-electron chi connectivity index (χ2n) is 4.05. The number of oxime groups is 1. The van der Waals surface area contributed by atoms with Gasteiger partial charge >= 0.3 is 0 Å². The van der Waals surface area contributed by atoms with Crippen LogP contribution in [-0.4, -0.2) is 25.6 Å². The van der Waals surface area contributed by atoms with Gasteiger partial charge in [-0.25, -0.2) is 4.98 Å². The predicted octanol–water partition coefficient (Wildman–Crippen LogP) is 0.199. The molecule has 4 N–H and O–H groups in total. The molecule has 19 heavy (non-hydrogen) atoms. The largest absolute Gasteiger partial charge is 0.409 e. The van der Waals surface area contributed by atoms with E-state index in [9.17, 15) is 0 Å². The molecular weight excluding hydrogens is 244 g/mol. The van der Waals surface area contributed by atoms with Crippen LogP contribution >= 0.6 is 0 Å². The van der Waals surface area contributed by atoms with Gasteiger partial charge in [-0.1, -0.05) is 11.2 Å². The van der Waals surface area contributed by atoms with E-state index < -0.39 is 0 Å². The molecule has 2 aromatic rings. The zero-order chi connectivity index (χ0) is 13.7. The van der Waals surface area contributed by atoms with Gasteiger partial charge in [0, 0.05) is 32.2 Å². The number of hydrogen-bond donors (Lipinski definition) is 3. The summed E-state index contributed by atoms with van der Waals surface area (Å²) in [7, 11) is 1.94. The third kappa shape index (κ3) is 3.08. The molecule has 2 heterocycles. The zero-order valence-electron chi connectivity index (χ0n) is 10.6. The molecule has 0 saturated carbocycles. The van der Waals surface area contributed by atoms with E-state index in [0.717, 1.165) is 11.4 Å². The maximum absolute atomic E-state index is 8.71. The van der Waals surface area contributed by atoms with Gasteiger partial charge in [0.1, 0.15) is 11.5 Å². The maximum Gasteiger partial charge on any atom is 0.189 e. The van der Waals surface area contributed by atoms with Gasteiger partial charge in [0.05, 0.1) is 6.54 Å². The van der Waals surface area contributed by atoms with Crippen LogP contribution in [0.5, 0.6) is 0 Å². The maximum atomic E-state index is 8.71. The zero-order valence-corrected chi connectivity index (χ0v) is 10.6. The lowest BCUT2D eigenvalue weighted by molar-refractivity contribution is 0.318. The van der Waals surface area contributed by atoms with Crippen molar-refractivity contribution >= 4 is 5.84 Å². The average Bonchev–Trinajstić information content (AvgIpc) is 2.84. The Bertz CT molecular complexity index is 577. The number of nitrogens with two attached hydrogens (primary N) is 1. The quantitative estimate of drug-likeness (QED) is 0.308. The predicted molar refractivity (Wildman–Crippen MR) is 70.5 cm³/mol. The molecule has 0 saturated heterocycles. The Balaban J connectivity index is 2.02. The van der Waals surface area contributed by atoms with E-state index in [1.165, 1.54) is 0 Å². The minimum atomic E-state index is 0.00870. The van der Waals surface area contributed by atoms with Gasteiger partial charge in [0.25, 0.3) is 0 Å². The molecule has 2 aromatic heterocycles. The van der Waals surface area contributed by atoms with E-state index in [0.29, 0.717) is 18.8 Å². The first-order chi connectivity index (χ1) is 9.22. The fraction of sp³-hybridized carbons (Fsp3) is 0.250. The first-order valence-electron chi connectivity index (χ1n) is 5.81. The highest BCUT2D eigenvalue weighted by molar-refractivity contribution is 5.96. The second-order valence-corrected chi connectivity index (χ2v) is 4.05. The summed E-state index contributed by atoms with van der Waals surface area (Å²) in [6.07, 6.45) is 5.25. The highest BCUT2D eigenvalue weighted by atomic mass is 16.4. The summed E-state index contributed by atoms with van der Waals surface area (Å²) < 4.78 is 1.95. The van der Waals surface area contributed by atoms with Crippen molar-refractivity contribution in [3.05, 3.63) is 47.8 Å². The van der Waals surface area contributed by atoms with Crippen LogP contribution in [0.15, 0.2) is 35.9 Å². The van der Waals surface area contributed by atoms with Crippen LogP contribution in [0.3, 0.4) is 0 Å². The molecule has 0 fully saturated rings. The van der Waals surface area contributed by atoms with Gasteiger partial charge in [-0.3, -0.25) is 4.98 Å². The monoisotopic (exact) mass is 260 g/mol. The highest BCUT2D eigenvalue weighted by Crippen LogP contribution is 2.05. The molecule has 0 amide bonds. The van der Waals surface area contributed by atoms with Crippen LogP contribution in [0.4, 0.5) is 0 Å². The summed E-state index contributed by atoms with van der Waals surface area (Å²) in [5.74, 6) is 0.948. The molecule has 0 aliphatic rings. The molecule has 0 aliphatic carbocycles. The van der Waals surface area contributed by atoms with E-state index in [2.05, 4.69) is 20.4 Å². The van der Waals surface area contributed by atoms with Crippen LogP contribution < -0.4 is 11.1 Å². The van der Waals surface area contributed by atoms with Crippen LogP contribution in [0, 0.1) is 0 Å². The number of amidine groups is 1. The van der Waals surface area contributed by atoms with Crippen molar-refractivity contribution in [2.75, 3.05) is 0 Å². The fourth-order valence-electron chi connectivity index (χ4n) is 1.74. The number of pyridine rings is 1. The lowest BCUT2D eigenvalue weighted by atomic mass is 10.2. The van der Waals surface area contributed by atoms with Crippen LogP contribution in [-0.2, 0) is 20.1 Å². The molecule has 0 atom stereocenters. The molecule has 100 valence electrons. The van der Waals surface area contributed by atoms with Crippen molar-refractivity contribution in [1.29, 1.82) is 0 Å². The summed E-state index contributed by atoms with van der Waals surface area (Å²) >= 11 is 0. The number of rotatable bonds is 5. The molecule has 0 unspecified atom stereocenters. The smallest absolute Gasteiger partial charge is 0.189 e. The van der Waals surface area contributed by atoms with E-state index in [4.69, 9.17) is 10.9 Å². The average molecular weight is 260 g/mol. The Morgan fingerprint density at radius 2 is 2.26 bits per heavy atom. The van der Waals surface area contributed by atoms with E-state index >= 15 is 0 Å². The van der Waals surface area contributed by atoms with E-state index in [1.807, 2.05) is 29.9 Å². The number of nitrogens with zero attached hydrogens (tertiary/aromatic N) is 4. The minimum absolute atomic E-state index is 0.00870. The van der Waals surface area contributed by atoms with Crippen molar-refractivity contribution in [2.24, 2.45) is 17.9 Å². The number of aromatic nitrogens is 3. The summed E-state index contributed by atoms with van der Waals surface area (Å²) in [4.78, 5) is 8.32. The van der Waals surface area contributed by atoms with Crippen molar-refractivity contribution in [3.8, 4) is 0 Å². The van der Waals surface area contributed by atoms with Crippen molar-refractivity contribution in [1.82, 2.24) is 19.9 Å². The first-order valence-corrected chi connectivity index (χ1v) is 5.81. The topological polar surface area (TPSA) is 101 Å². The van der Waals surface area contributed by atoms with Gasteiger partial charge in [0.2, 0.25) is 0 Å². The van der Waals surface area contributed by atoms with Gasteiger partial charge < -0.3 is 20.8 Å². The number of aryl methyl sites for hydroxylation is 1. The second kappa shape index (κ2) is 5.96. The van der Waals surface area contributed by atoms with Crippen LogP contribution in [0.25, 0.3) is 0 Å². The number of imidazole rings is 1. The molecule has 0 radical (unpaired) electrons. The summed E-state index contributed by atoms with van der Waals surface area (Å²) in [5.41, 5.74) is 6.93. The van der Waals surface area contributed by atoms with Crippen LogP contribution in [0.2, 0.25) is 0 Å². The molecule has 7 heteroatoms. The third-order valence-corrected chi connectivity index (χ3v) is 2.76. The third-order valence-electron chi connectivity index (χ3n) is 2.76. The number of hydrogen-bond acceptors (Lipinski definition) is 5. The molecule has 0 spiro atoms. The first kappa shape index (κ1) is 13.0. The SMILES string of the molecule is Cn1ccnc1CNCc1cccnc1C(N)=NO. The summed E-state index contributed by atoms with van der Waals surface area (Å²) in [6, 6.07) is 3.69. The van der Waals surface area contributed by atoms with E-state index in [1.54, 1.807) is 12.4 Å². The molecule has 0 aromatic carbocycles. The lowest BCUT2D eigenvalue weighted by Gasteiger charge is -2.08. The van der Waals surface area contributed by atoms with Gasteiger partial charge in [-0.05, 0) is 11.6 Å².